The summed E-state index contributed by atoms with van der Waals surface area (Å²) in [5, 5.41) is 1.80. The van der Waals surface area contributed by atoms with E-state index >= 15 is 0 Å². The fraction of sp³-hybridized carbons (Fsp3) is 0.643. The van der Waals surface area contributed by atoms with Crippen molar-refractivity contribution in [2.75, 3.05) is 32.1 Å². The van der Waals surface area contributed by atoms with Crippen molar-refractivity contribution in [2.24, 2.45) is 0 Å². The number of anilines is 1. The van der Waals surface area contributed by atoms with Gasteiger partial charge in [-0.3, -0.25) is 0 Å². The minimum atomic E-state index is -3.54. The van der Waals surface area contributed by atoms with Crippen molar-refractivity contribution in [3.8, 4) is 0 Å². The number of hydrogen-bond donors (Lipinski definition) is 0. The van der Waals surface area contributed by atoms with Crippen LogP contribution in [-0.4, -0.2) is 39.9 Å². The standard InChI is InChI=1S/C28H46N2O2S/c1-5-7-9-10-11-12-13-14-15-16-24-30(23-8-6-2)33(31,32)28-22-18-19-25-26(28)20-17-21-27(25)29(3)4/h17-22H,5-16,23-24H2,1-4H3. The summed E-state index contributed by atoms with van der Waals surface area (Å²) in [4.78, 5) is 2.48. The predicted octanol–water partition coefficient (Wildman–Crippen LogP) is 7.62. The predicted molar refractivity (Wildman–Crippen MR) is 144 cm³/mol. The van der Waals surface area contributed by atoms with Crippen molar-refractivity contribution in [3.05, 3.63) is 36.4 Å². The molecule has 0 aliphatic rings. The Balaban J connectivity index is 2.03. The van der Waals surface area contributed by atoms with Gasteiger partial charge >= 0.3 is 0 Å². The van der Waals surface area contributed by atoms with E-state index in [0.717, 1.165) is 42.1 Å². The van der Waals surface area contributed by atoms with Gasteiger partial charge in [0.1, 0.15) is 0 Å². The number of unbranched alkanes of at least 4 members (excludes halogenated alkanes) is 10. The lowest BCUT2D eigenvalue weighted by molar-refractivity contribution is 0.389. The third-order valence-electron chi connectivity index (χ3n) is 6.48. The Hall–Kier alpha value is -1.59. The van der Waals surface area contributed by atoms with Gasteiger partial charge < -0.3 is 4.90 Å². The maximum atomic E-state index is 13.7. The minimum Gasteiger partial charge on any atom is -0.377 e. The van der Waals surface area contributed by atoms with Crippen molar-refractivity contribution >= 4 is 26.5 Å². The molecule has 0 spiro atoms. The van der Waals surface area contributed by atoms with Crippen LogP contribution in [0.5, 0.6) is 0 Å². The van der Waals surface area contributed by atoms with E-state index in [-0.39, 0.29) is 0 Å². The highest BCUT2D eigenvalue weighted by atomic mass is 32.2. The monoisotopic (exact) mass is 474 g/mol. The second-order valence-electron chi connectivity index (χ2n) is 9.46. The summed E-state index contributed by atoms with van der Waals surface area (Å²) >= 11 is 0. The number of sulfonamides is 1. The molecule has 0 saturated heterocycles. The smallest absolute Gasteiger partial charge is 0.243 e. The highest BCUT2D eigenvalue weighted by Gasteiger charge is 2.26. The largest absolute Gasteiger partial charge is 0.377 e. The van der Waals surface area contributed by atoms with Gasteiger partial charge in [-0.25, -0.2) is 8.42 Å². The first-order valence-corrected chi connectivity index (χ1v) is 14.6. The van der Waals surface area contributed by atoms with Crippen LogP contribution in [0.25, 0.3) is 10.8 Å². The third kappa shape index (κ3) is 8.29. The van der Waals surface area contributed by atoms with E-state index in [0.29, 0.717) is 18.0 Å². The molecular weight excluding hydrogens is 428 g/mol. The van der Waals surface area contributed by atoms with E-state index < -0.39 is 10.0 Å². The van der Waals surface area contributed by atoms with E-state index in [2.05, 4.69) is 13.8 Å². The van der Waals surface area contributed by atoms with Crippen LogP contribution in [0.15, 0.2) is 41.3 Å². The van der Waals surface area contributed by atoms with Gasteiger partial charge in [0.2, 0.25) is 10.0 Å². The molecule has 0 N–H and O–H groups in total. The summed E-state index contributed by atoms with van der Waals surface area (Å²) in [6, 6.07) is 11.6. The van der Waals surface area contributed by atoms with Crippen LogP contribution in [0.1, 0.15) is 90.9 Å². The molecule has 2 aromatic rings. The molecule has 186 valence electrons. The van der Waals surface area contributed by atoms with Crippen molar-refractivity contribution in [1.29, 1.82) is 0 Å². The Morgan fingerprint density at radius 1 is 0.636 bits per heavy atom. The quantitative estimate of drug-likeness (QED) is 0.221. The first kappa shape index (κ1) is 27.7. The van der Waals surface area contributed by atoms with Gasteiger partial charge in [-0.2, -0.15) is 4.31 Å². The van der Waals surface area contributed by atoms with Crippen LogP contribution in [0.4, 0.5) is 5.69 Å². The number of rotatable bonds is 17. The molecule has 2 aromatic carbocycles. The second-order valence-corrected chi connectivity index (χ2v) is 11.4. The van der Waals surface area contributed by atoms with Crippen LogP contribution in [0.3, 0.4) is 0 Å². The number of nitrogens with zero attached hydrogens (tertiary/aromatic N) is 2. The number of benzene rings is 2. The lowest BCUT2D eigenvalue weighted by Crippen LogP contribution is -2.33. The zero-order valence-electron chi connectivity index (χ0n) is 21.5. The first-order chi connectivity index (χ1) is 15.9. The maximum absolute atomic E-state index is 13.7. The first-order valence-electron chi connectivity index (χ1n) is 13.1. The molecule has 0 heterocycles. The average molecular weight is 475 g/mol. The van der Waals surface area contributed by atoms with Gasteiger partial charge in [-0.1, -0.05) is 102 Å². The summed E-state index contributed by atoms with van der Waals surface area (Å²) < 4.78 is 29.2. The fourth-order valence-corrected chi connectivity index (χ4v) is 6.20. The van der Waals surface area contributed by atoms with Crippen molar-refractivity contribution in [1.82, 2.24) is 4.31 Å². The highest BCUT2D eigenvalue weighted by Crippen LogP contribution is 2.32. The van der Waals surface area contributed by atoms with Gasteiger partial charge in [-0.15, -0.1) is 0 Å². The van der Waals surface area contributed by atoms with E-state index in [1.807, 2.05) is 49.3 Å². The number of fused-ring (bicyclic) bond motifs is 1. The Labute approximate surface area is 203 Å². The summed E-state index contributed by atoms with van der Waals surface area (Å²) in [5.41, 5.74) is 1.04. The molecule has 0 atom stereocenters. The van der Waals surface area contributed by atoms with Crippen LogP contribution >= 0.6 is 0 Å². The molecule has 4 nitrogen and oxygen atoms in total. The topological polar surface area (TPSA) is 40.6 Å². The van der Waals surface area contributed by atoms with Gasteiger partial charge in [0.15, 0.2) is 0 Å². The van der Waals surface area contributed by atoms with Crippen molar-refractivity contribution in [3.63, 3.8) is 0 Å². The van der Waals surface area contributed by atoms with Crippen LogP contribution in [-0.2, 0) is 10.0 Å². The van der Waals surface area contributed by atoms with Gasteiger partial charge in [0.25, 0.3) is 0 Å². The van der Waals surface area contributed by atoms with E-state index in [9.17, 15) is 8.42 Å². The lowest BCUT2D eigenvalue weighted by Gasteiger charge is -2.24. The highest BCUT2D eigenvalue weighted by molar-refractivity contribution is 7.89. The van der Waals surface area contributed by atoms with Gasteiger partial charge in [-0.05, 0) is 25.0 Å². The zero-order valence-corrected chi connectivity index (χ0v) is 22.3. The normalized spacial score (nSPS) is 12.0. The summed E-state index contributed by atoms with van der Waals surface area (Å²) in [6.45, 7) is 5.58. The molecule has 0 aliphatic heterocycles. The van der Waals surface area contributed by atoms with Crippen molar-refractivity contribution in [2.45, 2.75) is 95.8 Å². The maximum Gasteiger partial charge on any atom is 0.243 e. The Bertz CT molecular complexity index is 925. The van der Waals surface area contributed by atoms with E-state index in [1.165, 1.54) is 51.4 Å². The van der Waals surface area contributed by atoms with E-state index in [4.69, 9.17) is 0 Å². The van der Waals surface area contributed by atoms with Crippen LogP contribution in [0, 0.1) is 0 Å². The molecule has 0 amide bonds. The summed E-state index contributed by atoms with van der Waals surface area (Å²) in [7, 11) is 0.452. The molecule has 0 unspecified atom stereocenters. The number of hydrogen-bond acceptors (Lipinski definition) is 3. The molecule has 0 fully saturated rings. The molecular formula is C28H46N2O2S. The Morgan fingerprint density at radius 3 is 1.76 bits per heavy atom. The molecule has 0 saturated carbocycles. The third-order valence-corrected chi connectivity index (χ3v) is 8.44. The van der Waals surface area contributed by atoms with E-state index in [1.54, 1.807) is 10.4 Å². The van der Waals surface area contributed by atoms with Gasteiger partial charge in [0, 0.05) is 43.6 Å². The van der Waals surface area contributed by atoms with Crippen LogP contribution in [0.2, 0.25) is 0 Å². The van der Waals surface area contributed by atoms with Gasteiger partial charge in [0.05, 0.1) is 4.90 Å². The Kier molecular flexibility index (Phi) is 12.3. The molecule has 5 heteroatoms. The molecule has 0 aliphatic carbocycles. The molecule has 2 rings (SSSR count). The fourth-order valence-electron chi connectivity index (χ4n) is 4.48. The molecule has 0 bridgehead atoms. The summed E-state index contributed by atoms with van der Waals surface area (Å²) in [6.07, 6.45) is 14.4. The Morgan fingerprint density at radius 2 is 1.15 bits per heavy atom. The lowest BCUT2D eigenvalue weighted by atomic mass is 10.1. The second kappa shape index (κ2) is 14.6. The molecule has 33 heavy (non-hydrogen) atoms. The average Bonchev–Trinajstić information content (AvgIpc) is 2.81. The van der Waals surface area contributed by atoms with Crippen molar-refractivity contribution < 1.29 is 8.42 Å². The molecule has 0 aromatic heterocycles. The SMILES string of the molecule is CCCCCCCCCCCCN(CCCC)S(=O)(=O)c1cccc2c(N(C)C)cccc12. The summed E-state index contributed by atoms with van der Waals surface area (Å²) in [5.74, 6) is 0. The molecule has 0 radical (unpaired) electrons. The minimum absolute atomic E-state index is 0.437. The van der Waals surface area contributed by atoms with Crippen LogP contribution < -0.4 is 4.90 Å². The zero-order chi connectivity index (χ0) is 24.1.